The molecule has 120 valence electrons. The second-order valence-electron chi connectivity index (χ2n) is 5.51. The van der Waals surface area contributed by atoms with E-state index in [1.165, 1.54) is 4.68 Å². The third kappa shape index (κ3) is 2.46. The number of hydrogen-bond acceptors (Lipinski definition) is 3. The number of aryl methyl sites for hydroxylation is 1. The van der Waals surface area contributed by atoms with Gasteiger partial charge in [-0.3, -0.25) is 14.7 Å². The SMILES string of the molecule is CCCc1c(C)[nH]c2[nH]n(-c3ccc(OC)cc3)c(=O)c2c1=O. The van der Waals surface area contributed by atoms with E-state index in [9.17, 15) is 9.59 Å². The summed E-state index contributed by atoms with van der Waals surface area (Å²) in [5.74, 6) is 0.704. The van der Waals surface area contributed by atoms with Gasteiger partial charge in [0.05, 0.1) is 12.8 Å². The lowest BCUT2D eigenvalue weighted by atomic mass is 10.1. The minimum atomic E-state index is -0.344. The molecule has 0 saturated carbocycles. The monoisotopic (exact) mass is 313 g/mol. The summed E-state index contributed by atoms with van der Waals surface area (Å²) in [7, 11) is 1.58. The van der Waals surface area contributed by atoms with E-state index in [4.69, 9.17) is 4.74 Å². The lowest BCUT2D eigenvalue weighted by Crippen LogP contribution is -2.21. The maximum absolute atomic E-state index is 12.7. The first-order chi connectivity index (χ1) is 11.1. The molecule has 0 unspecified atom stereocenters. The van der Waals surface area contributed by atoms with Gasteiger partial charge >= 0.3 is 0 Å². The van der Waals surface area contributed by atoms with Gasteiger partial charge in [-0.15, -0.1) is 0 Å². The number of methoxy groups -OCH3 is 1. The summed E-state index contributed by atoms with van der Waals surface area (Å²) in [6.07, 6.45) is 1.51. The minimum absolute atomic E-state index is 0.176. The van der Waals surface area contributed by atoms with Crippen molar-refractivity contribution in [2.45, 2.75) is 26.7 Å². The maximum atomic E-state index is 12.7. The highest BCUT2D eigenvalue weighted by molar-refractivity contribution is 5.75. The van der Waals surface area contributed by atoms with Crippen molar-refractivity contribution in [3.8, 4) is 11.4 Å². The van der Waals surface area contributed by atoms with Crippen LogP contribution in [0.25, 0.3) is 16.7 Å². The fraction of sp³-hybridized carbons (Fsp3) is 0.294. The minimum Gasteiger partial charge on any atom is -0.497 e. The molecule has 3 rings (SSSR count). The summed E-state index contributed by atoms with van der Waals surface area (Å²) in [4.78, 5) is 28.4. The molecule has 0 bridgehead atoms. The highest BCUT2D eigenvalue weighted by Crippen LogP contribution is 2.15. The van der Waals surface area contributed by atoms with Crippen molar-refractivity contribution in [1.29, 1.82) is 0 Å². The van der Waals surface area contributed by atoms with E-state index >= 15 is 0 Å². The maximum Gasteiger partial charge on any atom is 0.284 e. The first kappa shape index (κ1) is 15.1. The summed E-state index contributed by atoms with van der Waals surface area (Å²) < 4.78 is 6.49. The van der Waals surface area contributed by atoms with Crippen LogP contribution >= 0.6 is 0 Å². The topological polar surface area (TPSA) is 79.9 Å². The molecular weight excluding hydrogens is 294 g/mol. The van der Waals surface area contributed by atoms with Crippen LogP contribution in [-0.4, -0.2) is 21.9 Å². The average Bonchev–Trinajstić information content (AvgIpc) is 2.88. The van der Waals surface area contributed by atoms with Crippen LogP contribution in [0, 0.1) is 6.92 Å². The van der Waals surface area contributed by atoms with Crippen molar-refractivity contribution in [1.82, 2.24) is 14.8 Å². The summed E-state index contributed by atoms with van der Waals surface area (Å²) in [6, 6.07) is 7.06. The van der Waals surface area contributed by atoms with Crippen LogP contribution in [0.1, 0.15) is 24.6 Å². The van der Waals surface area contributed by atoms with E-state index in [2.05, 4.69) is 10.1 Å². The number of pyridine rings is 1. The number of aromatic nitrogens is 3. The number of aromatic amines is 2. The zero-order valence-corrected chi connectivity index (χ0v) is 13.4. The van der Waals surface area contributed by atoms with Crippen molar-refractivity contribution < 1.29 is 4.74 Å². The van der Waals surface area contributed by atoms with Gasteiger partial charge in [-0.05, 0) is 37.6 Å². The molecule has 0 aliphatic rings. The number of nitrogens with one attached hydrogen (secondary N) is 2. The molecule has 0 saturated heterocycles. The van der Waals surface area contributed by atoms with Crippen molar-refractivity contribution in [2.75, 3.05) is 7.11 Å². The van der Waals surface area contributed by atoms with E-state index in [0.29, 0.717) is 29.1 Å². The third-order valence-corrected chi connectivity index (χ3v) is 3.99. The number of nitrogens with zero attached hydrogens (tertiary/aromatic N) is 1. The molecule has 2 aromatic heterocycles. The smallest absolute Gasteiger partial charge is 0.284 e. The Bertz CT molecular complexity index is 962. The van der Waals surface area contributed by atoms with E-state index in [0.717, 1.165) is 12.1 Å². The molecule has 6 heteroatoms. The Hall–Kier alpha value is -2.76. The van der Waals surface area contributed by atoms with Crippen LogP contribution in [0.2, 0.25) is 0 Å². The Balaban J connectivity index is 2.24. The molecule has 6 nitrogen and oxygen atoms in total. The molecule has 0 fully saturated rings. The number of ether oxygens (including phenoxy) is 1. The molecule has 3 aromatic rings. The Kier molecular flexibility index (Phi) is 3.82. The number of H-pyrrole nitrogens is 2. The van der Waals surface area contributed by atoms with Gasteiger partial charge in [-0.25, -0.2) is 4.68 Å². The average molecular weight is 313 g/mol. The zero-order chi connectivity index (χ0) is 16.6. The Morgan fingerprint density at radius 3 is 2.48 bits per heavy atom. The van der Waals surface area contributed by atoms with Gasteiger partial charge in [0.15, 0.2) is 5.43 Å². The van der Waals surface area contributed by atoms with Gasteiger partial charge in [0.2, 0.25) is 0 Å². The van der Waals surface area contributed by atoms with Gasteiger partial charge in [-0.1, -0.05) is 13.3 Å². The molecule has 2 N–H and O–H groups in total. The Morgan fingerprint density at radius 1 is 1.17 bits per heavy atom. The van der Waals surface area contributed by atoms with Gasteiger partial charge in [0.1, 0.15) is 16.8 Å². The molecule has 1 aromatic carbocycles. The van der Waals surface area contributed by atoms with E-state index in [-0.39, 0.29) is 16.4 Å². The van der Waals surface area contributed by atoms with Gasteiger partial charge in [0.25, 0.3) is 5.56 Å². The van der Waals surface area contributed by atoms with Gasteiger partial charge in [0, 0.05) is 11.3 Å². The molecule has 0 amide bonds. The van der Waals surface area contributed by atoms with Crippen molar-refractivity contribution >= 4 is 11.0 Å². The first-order valence-electron chi connectivity index (χ1n) is 7.57. The largest absolute Gasteiger partial charge is 0.497 e. The van der Waals surface area contributed by atoms with Crippen molar-refractivity contribution in [3.05, 3.63) is 56.1 Å². The zero-order valence-electron chi connectivity index (χ0n) is 13.4. The van der Waals surface area contributed by atoms with Gasteiger partial charge < -0.3 is 9.72 Å². The molecule has 0 aliphatic heterocycles. The molecule has 0 radical (unpaired) electrons. The van der Waals surface area contributed by atoms with Crippen molar-refractivity contribution in [3.63, 3.8) is 0 Å². The van der Waals surface area contributed by atoms with Crippen LogP contribution < -0.4 is 15.7 Å². The number of fused-ring (bicyclic) bond motifs is 1. The fourth-order valence-corrected chi connectivity index (χ4v) is 2.79. The molecule has 0 spiro atoms. The second-order valence-corrected chi connectivity index (χ2v) is 5.51. The molecule has 2 heterocycles. The Labute approximate surface area is 132 Å². The summed E-state index contributed by atoms with van der Waals surface area (Å²) in [5.41, 5.74) is 2.04. The number of benzene rings is 1. The predicted octanol–water partition coefficient (Wildman–Crippen LogP) is 2.28. The third-order valence-electron chi connectivity index (χ3n) is 3.99. The summed E-state index contributed by atoms with van der Waals surface area (Å²) >= 11 is 0. The lowest BCUT2D eigenvalue weighted by molar-refractivity contribution is 0.414. The van der Waals surface area contributed by atoms with Crippen LogP contribution in [0.15, 0.2) is 33.9 Å². The second kappa shape index (κ2) is 5.79. The van der Waals surface area contributed by atoms with Crippen molar-refractivity contribution in [2.24, 2.45) is 0 Å². The highest BCUT2D eigenvalue weighted by atomic mass is 16.5. The van der Waals surface area contributed by atoms with Gasteiger partial charge in [-0.2, -0.15) is 0 Å². The van der Waals surface area contributed by atoms with Crippen LogP contribution in [-0.2, 0) is 6.42 Å². The summed E-state index contributed by atoms with van der Waals surface area (Å²) in [5, 5.41) is 3.15. The highest BCUT2D eigenvalue weighted by Gasteiger charge is 2.16. The number of hydrogen-bond donors (Lipinski definition) is 2. The normalized spacial score (nSPS) is 11.1. The van der Waals surface area contributed by atoms with Crippen LogP contribution in [0.3, 0.4) is 0 Å². The van der Waals surface area contributed by atoms with E-state index < -0.39 is 0 Å². The standard InChI is InChI=1S/C17H19N3O3/c1-4-5-13-10(2)18-16-14(15(13)21)17(22)20(19-16)11-6-8-12(23-3)9-7-11/h6-9H,4-5H2,1-3H3,(H2,18,19,21). The predicted molar refractivity (Wildman–Crippen MR) is 89.8 cm³/mol. The fourth-order valence-electron chi connectivity index (χ4n) is 2.79. The molecular formula is C17H19N3O3. The van der Waals surface area contributed by atoms with E-state index in [1.807, 2.05) is 13.8 Å². The molecule has 23 heavy (non-hydrogen) atoms. The van der Waals surface area contributed by atoms with Crippen LogP contribution in [0.5, 0.6) is 5.75 Å². The molecule has 0 atom stereocenters. The quantitative estimate of drug-likeness (QED) is 0.775. The summed E-state index contributed by atoms with van der Waals surface area (Å²) in [6.45, 7) is 3.87. The molecule has 0 aliphatic carbocycles. The van der Waals surface area contributed by atoms with Crippen LogP contribution in [0.4, 0.5) is 0 Å². The Morgan fingerprint density at radius 2 is 1.87 bits per heavy atom. The number of rotatable bonds is 4. The van der Waals surface area contributed by atoms with E-state index in [1.54, 1.807) is 31.4 Å². The lowest BCUT2D eigenvalue weighted by Gasteiger charge is -2.03. The first-order valence-corrected chi connectivity index (χ1v) is 7.57.